The van der Waals surface area contributed by atoms with Crippen LogP contribution in [-0.4, -0.2) is 25.0 Å². The molecule has 164 valence electrons. The molecule has 0 bridgehead atoms. The topological polar surface area (TPSA) is 69.6 Å². The van der Waals surface area contributed by atoms with Gasteiger partial charge >= 0.3 is 0 Å². The zero-order valence-corrected chi connectivity index (χ0v) is 18.8. The zero-order chi connectivity index (χ0) is 22.8. The Morgan fingerprint density at radius 2 is 1.55 bits per heavy atom. The minimum absolute atomic E-state index is 0.177. The van der Waals surface area contributed by atoms with E-state index in [-0.39, 0.29) is 11.1 Å². The third-order valence-electron chi connectivity index (χ3n) is 5.12. The number of nitrogens with zero attached hydrogens (tertiary/aromatic N) is 5. The van der Waals surface area contributed by atoms with Gasteiger partial charge in [0.1, 0.15) is 5.82 Å². The maximum absolute atomic E-state index is 13.6. The summed E-state index contributed by atoms with van der Waals surface area (Å²) in [6, 6.07) is 24.0. The number of hydrogen-bond donors (Lipinski definition) is 0. The van der Waals surface area contributed by atoms with Gasteiger partial charge < -0.3 is 4.42 Å². The van der Waals surface area contributed by atoms with Crippen molar-refractivity contribution in [1.29, 1.82) is 0 Å². The smallest absolute Gasteiger partial charge is 0.247 e. The molecule has 2 heterocycles. The molecule has 0 N–H and O–H groups in total. The van der Waals surface area contributed by atoms with Gasteiger partial charge in [0, 0.05) is 16.8 Å². The van der Waals surface area contributed by atoms with E-state index in [0.29, 0.717) is 22.8 Å². The van der Waals surface area contributed by atoms with Crippen LogP contribution in [0.25, 0.3) is 28.5 Å². The van der Waals surface area contributed by atoms with E-state index >= 15 is 0 Å². The van der Waals surface area contributed by atoms with Gasteiger partial charge in [-0.15, -0.1) is 20.4 Å². The Labute approximate surface area is 194 Å². The van der Waals surface area contributed by atoms with E-state index in [1.54, 1.807) is 12.1 Å². The largest absolute Gasteiger partial charge is 0.419 e. The summed E-state index contributed by atoms with van der Waals surface area (Å²) in [6.07, 6.45) is 0. The van der Waals surface area contributed by atoms with E-state index < -0.39 is 0 Å². The van der Waals surface area contributed by atoms with Crippen molar-refractivity contribution >= 4 is 11.8 Å². The molecule has 0 fully saturated rings. The Morgan fingerprint density at radius 1 is 0.818 bits per heavy atom. The highest BCUT2D eigenvalue weighted by Crippen LogP contribution is 2.37. The Hall–Kier alpha value is -3.78. The fourth-order valence-corrected chi connectivity index (χ4v) is 4.26. The van der Waals surface area contributed by atoms with Crippen LogP contribution in [0, 0.1) is 12.7 Å². The van der Waals surface area contributed by atoms with Crippen molar-refractivity contribution in [3.05, 3.63) is 96.1 Å². The maximum atomic E-state index is 13.6. The first-order valence-electron chi connectivity index (χ1n) is 10.4. The summed E-state index contributed by atoms with van der Waals surface area (Å²) in [5.41, 5.74) is 3.71. The predicted molar refractivity (Wildman–Crippen MR) is 125 cm³/mol. The molecule has 0 radical (unpaired) electrons. The van der Waals surface area contributed by atoms with E-state index in [9.17, 15) is 4.39 Å². The fraction of sp³-hybridized carbons (Fsp3) is 0.120. The van der Waals surface area contributed by atoms with E-state index in [0.717, 1.165) is 22.4 Å². The number of benzene rings is 3. The van der Waals surface area contributed by atoms with Crippen molar-refractivity contribution < 1.29 is 8.81 Å². The number of aryl methyl sites for hydroxylation is 1. The van der Waals surface area contributed by atoms with Crippen LogP contribution in [0.4, 0.5) is 4.39 Å². The molecule has 1 atom stereocenters. The van der Waals surface area contributed by atoms with Gasteiger partial charge in [0.25, 0.3) is 0 Å². The fourth-order valence-electron chi connectivity index (χ4n) is 3.36. The first-order valence-corrected chi connectivity index (χ1v) is 11.3. The molecule has 0 aliphatic rings. The van der Waals surface area contributed by atoms with Gasteiger partial charge in [-0.25, -0.2) is 4.39 Å². The van der Waals surface area contributed by atoms with Crippen LogP contribution in [0.2, 0.25) is 0 Å². The predicted octanol–water partition coefficient (Wildman–Crippen LogP) is 6.29. The lowest BCUT2D eigenvalue weighted by Crippen LogP contribution is -2.01. The Kier molecular flexibility index (Phi) is 5.75. The number of aromatic nitrogens is 5. The number of thioether (sulfide) groups is 1. The highest BCUT2D eigenvalue weighted by atomic mass is 32.2. The molecular weight excluding hydrogens is 437 g/mol. The van der Waals surface area contributed by atoms with Crippen molar-refractivity contribution in [2.24, 2.45) is 0 Å². The molecule has 0 saturated carbocycles. The summed E-state index contributed by atoms with van der Waals surface area (Å²) in [7, 11) is 0. The van der Waals surface area contributed by atoms with Crippen LogP contribution >= 0.6 is 11.8 Å². The van der Waals surface area contributed by atoms with Crippen LogP contribution in [0.3, 0.4) is 0 Å². The number of halogens is 1. The second-order valence-electron chi connectivity index (χ2n) is 7.56. The van der Waals surface area contributed by atoms with Gasteiger partial charge in [0.2, 0.25) is 11.8 Å². The molecule has 0 spiro atoms. The van der Waals surface area contributed by atoms with E-state index in [1.165, 1.54) is 23.9 Å². The van der Waals surface area contributed by atoms with Gasteiger partial charge in [-0.1, -0.05) is 59.8 Å². The SMILES string of the molecule is Cc1ccc(-c2nnc(C(C)Sc3nnc(-c4ccccc4)n3-c3ccc(F)cc3)o2)cc1. The van der Waals surface area contributed by atoms with Crippen molar-refractivity contribution in [3.8, 4) is 28.5 Å². The molecule has 0 amide bonds. The molecule has 5 rings (SSSR count). The molecule has 0 aliphatic carbocycles. The average molecular weight is 458 g/mol. The first kappa shape index (κ1) is 21.1. The summed E-state index contributed by atoms with van der Waals surface area (Å²) < 4.78 is 21.4. The Bertz CT molecular complexity index is 1360. The summed E-state index contributed by atoms with van der Waals surface area (Å²) in [5.74, 6) is 1.33. The summed E-state index contributed by atoms with van der Waals surface area (Å²) in [6.45, 7) is 4.01. The summed E-state index contributed by atoms with van der Waals surface area (Å²) in [5, 5.41) is 17.8. The maximum Gasteiger partial charge on any atom is 0.247 e. The molecule has 0 saturated heterocycles. The van der Waals surface area contributed by atoms with Crippen LogP contribution in [0.1, 0.15) is 23.6 Å². The molecule has 2 aromatic heterocycles. The molecule has 33 heavy (non-hydrogen) atoms. The highest BCUT2D eigenvalue weighted by molar-refractivity contribution is 7.99. The van der Waals surface area contributed by atoms with Crippen LogP contribution in [0.5, 0.6) is 0 Å². The minimum Gasteiger partial charge on any atom is -0.419 e. The van der Waals surface area contributed by atoms with Gasteiger partial charge in [0.15, 0.2) is 11.0 Å². The average Bonchev–Trinajstić information content (AvgIpc) is 3.49. The molecular formula is C25H20FN5OS. The Balaban J connectivity index is 1.48. The minimum atomic E-state index is -0.301. The van der Waals surface area contributed by atoms with Crippen LogP contribution < -0.4 is 0 Å². The van der Waals surface area contributed by atoms with Crippen LogP contribution in [0.15, 0.2) is 88.4 Å². The number of hydrogen-bond acceptors (Lipinski definition) is 6. The second kappa shape index (κ2) is 8.99. The number of rotatable bonds is 6. The van der Waals surface area contributed by atoms with E-state index in [2.05, 4.69) is 20.4 Å². The van der Waals surface area contributed by atoms with Gasteiger partial charge in [-0.05, 0) is 50.2 Å². The van der Waals surface area contributed by atoms with Crippen molar-refractivity contribution in [2.45, 2.75) is 24.3 Å². The first-order chi connectivity index (χ1) is 16.1. The van der Waals surface area contributed by atoms with Crippen molar-refractivity contribution in [2.75, 3.05) is 0 Å². The zero-order valence-electron chi connectivity index (χ0n) is 18.0. The molecule has 0 aliphatic heterocycles. The lowest BCUT2D eigenvalue weighted by atomic mass is 10.1. The van der Waals surface area contributed by atoms with Crippen LogP contribution in [-0.2, 0) is 0 Å². The summed E-state index contributed by atoms with van der Waals surface area (Å²) >= 11 is 1.45. The molecule has 5 aromatic rings. The highest BCUT2D eigenvalue weighted by Gasteiger charge is 2.22. The molecule has 8 heteroatoms. The lowest BCUT2D eigenvalue weighted by Gasteiger charge is -2.12. The molecule has 1 unspecified atom stereocenters. The lowest BCUT2D eigenvalue weighted by molar-refractivity contribution is 0.509. The van der Waals surface area contributed by atoms with Gasteiger partial charge in [-0.2, -0.15) is 0 Å². The monoisotopic (exact) mass is 457 g/mol. The third-order valence-corrected chi connectivity index (χ3v) is 6.15. The van der Waals surface area contributed by atoms with E-state index in [1.807, 2.05) is 73.0 Å². The normalized spacial score (nSPS) is 12.1. The second-order valence-corrected chi connectivity index (χ2v) is 8.86. The molecule has 3 aromatic carbocycles. The van der Waals surface area contributed by atoms with E-state index in [4.69, 9.17) is 4.42 Å². The Morgan fingerprint density at radius 3 is 2.27 bits per heavy atom. The standard InChI is InChI=1S/C25H20FN5OS/c1-16-8-10-19(11-9-16)24-29-28-23(32-24)17(2)33-25-30-27-22(18-6-4-3-5-7-18)31(25)21-14-12-20(26)13-15-21/h3-15,17H,1-2H3. The van der Waals surface area contributed by atoms with Crippen molar-refractivity contribution in [1.82, 2.24) is 25.0 Å². The van der Waals surface area contributed by atoms with Gasteiger partial charge in [-0.3, -0.25) is 4.57 Å². The molecule has 6 nitrogen and oxygen atoms in total. The van der Waals surface area contributed by atoms with Gasteiger partial charge in [0.05, 0.1) is 5.25 Å². The third kappa shape index (κ3) is 4.42. The quantitative estimate of drug-likeness (QED) is 0.279. The van der Waals surface area contributed by atoms with Crippen molar-refractivity contribution in [3.63, 3.8) is 0 Å². The summed E-state index contributed by atoms with van der Waals surface area (Å²) in [4.78, 5) is 0.